The Balaban J connectivity index is 2.37. The molecule has 4 nitrogen and oxygen atoms in total. The van der Waals surface area contributed by atoms with E-state index in [2.05, 4.69) is 20.8 Å². The molecule has 1 unspecified atom stereocenters. The largest absolute Gasteiger partial charge is 0.489 e. The zero-order valence-electron chi connectivity index (χ0n) is 11.2. The molecule has 17 heavy (non-hydrogen) atoms. The first-order chi connectivity index (χ1) is 7.79. The van der Waals surface area contributed by atoms with Gasteiger partial charge in [0.1, 0.15) is 6.10 Å². The molecule has 1 aliphatic carbocycles. The molecule has 2 aliphatic rings. The summed E-state index contributed by atoms with van der Waals surface area (Å²) in [7, 11) is 0. The fraction of sp³-hybridized carbons (Fsp3) is 0.846. The second-order valence-electron chi connectivity index (χ2n) is 5.93. The Labute approximate surface area is 103 Å². The van der Waals surface area contributed by atoms with E-state index in [0.29, 0.717) is 19.0 Å². The summed E-state index contributed by atoms with van der Waals surface area (Å²) >= 11 is 0. The van der Waals surface area contributed by atoms with Crippen LogP contribution in [-0.2, 0) is 14.2 Å². The second-order valence-corrected chi connectivity index (χ2v) is 5.93. The van der Waals surface area contributed by atoms with E-state index in [1.165, 1.54) is 0 Å². The molecule has 98 valence electrons. The topological polar surface area (TPSA) is 47.9 Å². The van der Waals surface area contributed by atoms with Crippen molar-refractivity contribution in [3.63, 3.8) is 0 Å². The van der Waals surface area contributed by atoms with Crippen LogP contribution in [0.3, 0.4) is 0 Å². The van der Waals surface area contributed by atoms with Crippen molar-refractivity contribution in [3.05, 3.63) is 11.3 Å². The smallest absolute Gasteiger partial charge is 0.259 e. The highest BCUT2D eigenvalue weighted by Crippen LogP contribution is 2.52. The number of aliphatic hydroxyl groups excluding tert-OH is 1. The highest BCUT2D eigenvalue weighted by atomic mass is 16.8. The number of ether oxygens (including phenoxy) is 3. The van der Waals surface area contributed by atoms with Crippen molar-refractivity contribution in [2.75, 3.05) is 13.2 Å². The summed E-state index contributed by atoms with van der Waals surface area (Å²) in [5, 5.41) is 10.3. The summed E-state index contributed by atoms with van der Waals surface area (Å²) < 4.78 is 16.9. The molecule has 1 fully saturated rings. The average Bonchev–Trinajstić information content (AvgIpc) is 2.65. The van der Waals surface area contributed by atoms with Gasteiger partial charge in [-0.1, -0.05) is 20.8 Å². The quantitative estimate of drug-likeness (QED) is 0.802. The van der Waals surface area contributed by atoms with Gasteiger partial charge in [-0.2, -0.15) is 0 Å². The number of aliphatic hydroxyl groups is 1. The normalized spacial score (nSPS) is 27.8. The van der Waals surface area contributed by atoms with Crippen molar-refractivity contribution in [1.29, 1.82) is 0 Å². The van der Waals surface area contributed by atoms with Crippen LogP contribution < -0.4 is 0 Å². The van der Waals surface area contributed by atoms with Gasteiger partial charge in [0.05, 0.1) is 19.3 Å². The van der Waals surface area contributed by atoms with Crippen molar-refractivity contribution in [1.82, 2.24) is 0 Å². The summed E-state index contributed by atoms with van der Waals surface area (Å²) in [4.78, 5) is 0. The van der Waals surface area contributed by atoms with Gasteiger partial charge >= 0.3 is 0 Å². The highest BCUT2D eigenvalue weighted by Gasteiger charge is 2.62. The van der Waals surface area contributed by atoms with Gasteiger partial charge in [0.2, 0.25) is 0 Å². The van der Waals surface area contributed by atoms with Gasteiger partial charge in [0.15, 0.2) is 5.76 Å². The minimum Gasteiger partial charge on any atom is -0.489 e. The first-order valence-corrected chi connectivity index (χ1v) is 6.17. The lowest BCUT2D eigenvalue weighted by Crippen LogP contribution is -2.59. The molecule has 4 heteroatoms. The Bertz CT molecular complexity index is 332. The molecule has 1 spiro atoms. The molecule has 0 amide bonds. The van der Waals surface area contributed by atoms with Gasteiger partial charge in [-0.05, 0) is 19.3 Å². The Morgan fingerprint density at radius 2 is 1.82 bits per heavy atom. The van der Waals surface area contributed by atoms with Crippen LogP contribution in [0.25, 0.3) is 0 Å². The molecule has 0 aromatic heterocycles. The Morgan fingerprint density at radius 1 is 1.29 bits per heavy atom. The summed E-state index contributed by atoms with van der Waals surface area (Å²) in [6.07, 6.45) is -0.682. The third kappa shape index (κ3) is 1.88. The minimum atomic E-state index is -1.03. The maximum absolute atomic E-state index is 10.3. The third-order valence-corrected chi connectivity index (χ3v) is 3.07. The molecule has 0 saturated carbocycles. The van der Waals surface area contributed by atoms with Crippen molar-refractivity contribution >= 4 is 0 Å². The standard InChI is InChI=1S/C13H22O4/c1-8(2)17-11-9(12(3,4)5)10(14)13(11)15-6-7-16-13/h8,10,14H,6-7H2,1-5H3. The van der Waals surface area contributed by atoms with E-state index in [0.717, 1.165) is 5.57 Å². The summed E-state index contributed by atoms with van der Waals surface area (Å²) in [6.45, 7) is 11.1. The Morgan fingerprint density at radius 3 is 2.24 bits per heavy atom. The summed E-state index contributed by atoms with van der Waals surface area (Å²) in [5.74, 6) is -0.364. The van der Waals surface area contributed by atoms with Gasteiger partial charge in [-0.25, -0.2) is 0 Å². The van der Waals surface area contributed by atoms with E-state index in [1.54, 1.807) is 0 Å². The molecule has 1 atom stereocenters. The molecular weight excluding hydrogens is 220 g/mol. The zero-order chi connectivity index (χ0) is 12.8. The van der Waals surface area contributed by atoms with E-state index in [4.69, 9.17) is 14.2 Å². The van der Waals surface area contributed by atoms with E-state index in [-0.39, 0.29) is 11.5 Å². The molecule has 0 bridgehead atoms. The van der Waals surface area contributed by atoms with Crippen molar-refractivity contribution < 1.29 is 19.3 Å². The fourth-order valence-electron chi connectivity index (χ4n) is 2.40. The zero-order valence-corrected chi connectivity index (χ0v) is 11.2. The molecule has 1 heterocycles. The maximum atomic E-state index is 10.3. The number of rotatable bonds is 2. The SMILES string of the molecule is CC(C)OC1=C(C(C)(C)C)C(O)C12OCCO2. The van der Waals surface area contributed by atoms with Crippen molar-refractivity contribution in [2.24, 2.45) is 5.41 Å². The van der Waals surface area contributed by atoms with Gasteiger partial charge < -0.3 is 19.3 Å². The molecule has 2 rings (SSSR count). The molecular formula is C13H22O4. The Kier molecular flexibility index (Phi) is 3.00. The van der Waals surface area contributed by atoms with Gasteiger partial charge in [0, 0.05) is 5.57 Å². The van der Waals surface area contributed by atoms with Crippen molar-refractivity contribution in [2.45, 2.75) is 52.6 Å². The first kappa shape index (κ1) is 12.9. The van der Waals surface area contributed by atoms with Crippen molar-refractivity contribution in [3.8, 4) is 0 Å². The van der Waals surface area contributed by atoms with Crippen LogP contribution in [0.1, 0.15) is 34.6 Å². The van der Waals surface area contributed by atoms with Gasteiger partial charge in [0.25, 0.3) is 5.79 Å². The van der Waals surface area contributed by atoms with Gasteiger partial charge in [-0.3, -0.25) is 0 Å². The van der Waals surface area contributed by atoms with E-state index >= 15 is 0 Å². The molecule has 0 radical (unpaired) electrons. The predicted molar refractivity (Wildman–Crippen MR) is 63.3 cm³/mol. The predicted octanol–water partition coefficient (Wildman–Crippen LogP) is 1.83. The van der Waals surface area contributed by atoms with E-state index in [9.17, 15) is 5.11 Å². The van der Waals surface area contributed by atoms with Crippen LogP contribution in [0.2, 0.25) is 0 Å². The first-order valence-electron chi connectivity index (χ1n) is 6.17. The van der Waals surface area contributed by atoms with Crippen LogP contribution in [0, 0.1) is 5.41 Å². The molecule has 1 aliphatic heterocycles. The van der Waals surface area contributed by atoms with E-state index < -0.39 is 11.9 Å². The summed E-state index contributed by atoms with van der Waals surface area (Å²) in [6, 6.07) is 0. The number of hydrogen-bond acceptors (Lipinski definition) is 4. The lowest BCUT2D eigenvalue weighted by Gasteiger charge is -2.49. The van der Waals surface area contributed by atoms with E-state index in [1.807, 2.05) is 13.8 Å². The van der Waals surface area contributed by atoms with Gasteiger partial charge in [-0.15, -0.1) is 0 Å². The average molecular weight is 242 g/mol. The van der Waals surface area contributed by atoms with Crippen LogP contribution in [0.5, 0.6) is 0 Å². The summed E-state index contributed by atoms with van der Waals surface area (Å²) in [5.41, 5.74) is 0.734. The third-order valence-electron chi connectivity index (χ3n) is 3.07. The Hall–Kier alpha value is -0.580. The molecule has 0 aromatic carbocycles. The second kappa shape index (κ2) is 3.97. The van der Waals surface area contributed by atoms with Crippen LogP contribution in [0.15, 0.2) is 11.3 Å². The minimum absolute atomic E-state index is 0.0412. The molecule has 1 saturated heterocycles. The fourth-order valence-corrected chi connectivity index (χ4v) is 2.40. The van der Waals surface area contributed by atoms with Crippen LogP contribution >= 0.6 is 0 Å². The maximum Gasteiger partial charge on any atom is 0.259 e. The molecule has 1 N–H and O–H groups in total. The lowest BCUT2D eigenvalue weighted by molar-refractivity contribution is -0.240. The van der Waals surface area contributed by atoms with Crippen LogP contribution in [-0.4, -0.2) is 36.3 Å². The lowest BCUT2D eigenvalue weighted by atomic mass is 9.71. The number of hydrogen-bond donors (Lipinski definition) is 1. The highest BCUT2D eigenvalue weighted by molar-refractivity contribution is 5.40. The van der Waals surface area contributed by atoms with Crippen LogP contribution in [0.4, 0.5) is 0 Å². The molecule has 0 aromatic rings. The monoisotopic (exact) mass is 242 g/mol.